The molecule has 8 heteroatoms. The average molecular weight is 567 g/mol. The van der Waals surface area contributed by atoms with Gasteiger partial charge in [0.25, 0.3) is 0 Å². The smallest absolute Gasteiger partial charge is 0.241 e. The van der Waals surface area contributed by atoms with Gasteiger partial charge in [-0.25, -0.2) is 0 Å². The standard InChI is InChI=1S/C21H20BrIN4O2/c22-16-3-1-14(2-4-16)20-25-19(29-26-20)13-27-11-9-15(10-12-27)21(28)24-18-7-5-17(23)6-8-18/h1-8,15H,9-13H2,(H,24,28). The molecule has 0 spiro atoms. The first-order valence-corrected chi connectivity index (χ1v) is 11.3. The van der Waals surface area contributed by atoms with Crippen LogP contribution in [0, 0.1) is 9.49 Å². The van der Waals surface area contributed by atoms with Gasteiger partial charge in [-0.2, -0.15) is 4.98 Å². The van der Waals surface area contributed by atoms with Gasteiger partial charge in [-0.05, 0) is 97.1 Å². The number of nitrogens with one attached hydrogen (secondary N) is 1. The predicted octanol–water partition coefficient (Wildman–Crippen LogP) is 4.95. The molecule has 1 amide bonds. The summed E-state index contributed by atoms with van der Waals surface area (Å²) in [7, 11) is 0. The molecule has 0 aliphatic carbocycles. The summed E-state index contributed by atoms with van der Waals surface area (Å²) < 4.78 is 7.58. The molecular formula is C21H20BrIN4O2. The maximum atomic E-state index is 12.5. The number of carbonyl (C=O) groups is 1. The molecule has 4 rings (SSSR count). The van der Waals surface area contributed by atoms with Gasteiger partial charge in [-0.1, -0.05) is 21.1 Å². The lowest BCUT2D eigenvalue weighted by Gasteiger charge is -2.30. The molecule has 1 fully saturated rings. The minimum Gasteiger partial charge on any atom is -0.338 e. The molecular weight excluding hydrogens is 547 g/mol. The number of hydrogen-bond donors (Lipinski definition) is 1. The van der Waals surface area contributed by atoms with Crippen LogP contribution in [0.3, 0.4) is 0 Å². The number of anilines is 1. The van der Waals surface area contributed by atoms with E-state index in [1.807, 2.05) is 48.5 Å². The van der Waals surface area contributed by atoms with Crippen LogP contribution in [-0.2, 0) is 11.3 Å². The third kappa shape index (κ3) is 5.43. The zero-order valence-corrected chi connectivity index (χ0v) is 19.4. The van der Waals surface area contributed by atoms with Gasteiger partial charge < -0.3 is 9.84 Å². The first-order chi connectivity index (χ1) is 14.1. The molecule has 150 valence electrons. The monoisotopic (exact) mass is 566 g/mol. The fraction of sp³-hybridized carbons (Fsp3) is 0.286. The van der Waals surface area contributed by atoms with E-state index in [-0.39, 0.29) is 11.8 Å². The van der Waals surface area contributed by atoms with Crippen molar-refractivity contribution < 1.29 is 9.32 Å². The first-order valence-electron chi connectivity index (χ1n) is 9.44. The van der Waals surface area contributed by atoms with Gasteiger partial charge in [-0.15, -0.1) is 0 Å². The molecule has 6 nitrogen and oxygen atoms in total. The van der Waals surface area contributed by atoms with E-state index in [0.29, 0.717) is 18.3 Å². The van der Waals surface area contributed by atoms with Gasteiger partial charge in [-0.3, -0.25) is 9.69 Å². The number of rotatable bonds is 5. The maximum Gasteiger partial charge on any atom is 0.241 e. The van der Waals surface area contributed by atoms with Gasteiger partial charge >= 0.3 is 0 Å². The quantitative estimate of drug-likeness (QED) is 0.442. The number of benzene rings is 2. The van der Waals surface area contributed by atoms with E-state index in [2.05, 4.69) is 58.9 Å². The van der Waals surface area contributed by atoms with Crippen LogP contribution in [0.5, 0.6) is 0 Å². The summed E-state index contributed by atoms with van der Waals surface area (Å²) in [6.07, 6.45) is 1.65. The van der Waals surface area contributed by atoms with Crippen molar-refractivity contribution in [1.82, 2.24) is 15.0 Å². The van der Waals surface area contributed by atoms with Crippen molar-refractivity contribution in [1.29, 1.82) is 0 Å². The predicted molar refractivity (Wildman–Crippen MR) is 123 cm³/mol. The molecule has 3 aromatic rings. The Bertz CT molecular complexity index is 967. The number of halogens is 2. The number of likely N-dealkylation sites (tertiary alicyclic amines) is 1. The summed E-state index contributed by atoms with van der Waals surface area (Å²) in [6.45, 7) is 2.27. The summed E-state index contributed by atoms with van der Waals surface area (Å²) in [5, 5.41) is 7.11. The van der Waals surface area contributed by atoms with Crippen molar-refractivity contribution in [2.45, 2.75) is 19.4 Å². The maximum absolute atomic E-state index is 12.5. The van der Waals surface area contributed by atoms with Crippen molar-refractivity contribution in [2.24, 2.45) is 5.92 Å². The lowest BCUT2D eigenvalue weighted by atomic mass is 9.96. The molecule has 0 atom stereocenters. The molecule has 1 aromatic heterocycles. The van der Waals surface area contributed by atoms with Crippen molar-refractivity contribution in [3.05, 3.63) is 62.5 Å². The fourth-order valence-corrected chi connectivity index (χ4v) is 3.98. The fourth-order valence-electron chi connectivity index (χ4n) is 3.36. The van der Waals surface area contributed by atoms with Crippen molar-refractivity contribution in [3.8, 4) is 11.4 Å². The molecule has 1 saturated heterocycles. The molecule has 1 N–H and O–H groups in total. The molecule has 0 saturated carbocycles. The molecule has 0 bridgehead atoms. The Kier molecular flexibility index (Phi) is 6.61. The van der Waals surface area contributed by atoms with Crippen LogP contribution < -0.4 is 5.32 Å². The van der Waals surface area contributed by atoms with Gasteiger partial charge in [0.15, 0.2) is 0 Å². The lowest BCUT2D eigenvalue weighted by molar-refractivity contribution is -0.121. The average Bonchev–Trinajstić information content (AvgIpc) is 3.19. The van der Waals surface area contributed by atoms with Crippen LogP contribution in [0.2, 0.25) is 0 Å². The number of aromatic nitrogens is 2. The first kappa shape index (κ1) is 20.5. The van der Waals surface area contributed by atoms with E-state index in [4.69, 9.17) is 4.52 Å². The Morgan fingerprint density at radius 2 is 1.83 bits per heavy atom. The molecule has 1 aliphatic heterocycles. The molecule has 2 heterocycles. The summed E-state index contributed by atoms with van der Waals surface area (Å²) in [5.41, 5.74) is 1.78. The van der Waals surface area contributed by atoms with E-state index in [1.165, 1.54) is 0 Å². The second-order valence-electron chi connectivity index (χ2n) is 7.07. The molecule has 29 heavy (non-hydrogen) atoms. The number of hydrogen-bond acceptors (Lipinski definition) is 5. The van der Waals surface area contributed by atoms with Gasteiger partial charge in [0, 0.05) is 25.2 Å². The zero-order chi connectivity index (χ0) is 20.2. The van der Waals surface area contributed by atoms with Crippen molar-refractivity contribution >= 4 is 50.1 Å². The lowest BCUT2D eigenvalue weighted by Crippen LogP contribution is -2.37. The van der Waals surface area contributed by atoms with Crippen LogP contribution in [0.25, 0.3) is 11.4 Å². The van der Waals surface area contributed by atoms with Crippen LogP contribution in [0.4, 0.5) is 5.69 Å². The van der Waals surface area contributed by atoms with E-state index in [9.17, 15) is 4.79 Å². The molecule has 0 unspecified atom stereocenters. The third-order valence-electron chi connectivity index (χ3n) is 5.00. The normalized spacial score (nSPS) is 15.4. The highest BCUT2D eigenvalue weighted by Gasteiger charge is 2.26. The Balaban J connectivity index is 1.28. The topological polar surface area (TPSA) is 71.3 Å². The van der Waals surface area contributed by atoms with E-state index < -0.39 is 0 Å². The minimum absolute atomic E-state index is 0.0338. The summed E-state index contributed by atoms with van der Waals surface area (Å²) in [6, 6.07) is 15.7. The van der Waals surface area contributed by atoms with E-state index in [1.54, 1.807) is 0 Å². The van der Waals surface area contributed by atoms with Crippen molar-refractivity contribution in [2.75, 3.05) is 18.4 Å². The summed E-state index contributed by atoms with van der Waals surface area (Å²) in [4.78, 5) is 19.3. The Morgan fingerprint density at radius 3 is 2.52 bits per heavy atom. The summed E-state index contributed by atoms with van der Waals surface area (Å²) >= 11 is 5.68. The minimum atomic E-state index is 0.0338. The second kappa shape index (κ2) is 9.36. The van der Waals surface area contributed by atoms with Gasteiger partial charge in [0.2, 0.25) is 17.6 Å². The highest BCUT2D eigenvalue weighted by molar-refractivity contribution is 14.1. The Labute approximate surface area is 191 Å². The van der Waals surface area contributed by atoms with E-state index in [0.717, 1.165) is 45.2 Å². The Hall–Kier alpha value is -1.78. The summed E-state index contributed by atoms with van der Waals surface area (Å²) in [5.74, 6) is 1.33. The zero-order valence-electron chi connectivity index (χ0n) is 15.6. The number of carbonyl (C=O) groups excluding carboxylic acids is 1. The molecule has 0 radical (unpaired) electrons. The molecule has 2 aromatic carbocycles. The number of nitrogens with zero attached hydrogens (tertiary/aromatic N) is 3. The van der Waals surface area contributed by atoms with Crippen molar-refractivity contribution in [3.63, 3.8) is 0 Å². The van der Waals surface area contributed by atoms with Crippen LogP contribution in [-0.4, -0.2) is 34.0 Å². The highest BCUT2D eigenvalue weighted by atomic mass is 127. The van der Waals surface area contributed by atoms with Crippen LogP contribution in [0.15, 0.2) is 57.5 Å². The third-order valence-corrected chi connectivity index (χ3v) is 6.25. The second-order valence-corrected chi connectivity index (χ2v) is 9.23. The SMILES string of the molecule is O=C(Nc1ccc(I)cc1)C1CCN(Cc2nc(-c3ccc(Br)cc3)no2)CC1. The Morgan fingerprint density at radius 1 is 1.14 bits per heavy atom. The van der Waals surface area contributed by atoms with Crippen LogP contribution in [0.1, 0.15) is 18.7 Å². The van der Waals surface area contributed by atoms with Gasteiger partial charge in [0.1, 0.15) is 0 Å². The molecule has 1 aliphatic rings. The van der Waals surface area contributed by atoms with E-state index >= 15 is 0 Å². The van der Waals surface area contributed by atoms with Gasteiger partial charge in [0.05, 0.1) is 6.54 Å². The highest BCUT2D eigenvalue weighted by Crippen LogP contribution is 2.23. The number of amides is 1. The largest absolute Gasteiger partial charge is 0.338 e. The number of piperidine rings is 1. The van der Waals surface area contributed by atoms with Crippen LogP contribution >= 0.6 is 38.5 Å².